The summed E-state index contributed by atoms with van der Waals surface area (Å²) in [4.78, 5) is 0. The molecule has 0 unspecified atom stereocenters. The van der Waals surface area contributed by atoms with E-state index in [0.29, 0.717) is 6.61 Å². The number of rotatable bonds is 7. The van der Waals surface area contributed by atoms with Gasteiger partial charge in [0, 0.05) is 17.6 Å². The maximum Gasteiger partial charge on any atom is 0.124 e. The van der Waals surface area contributed by atoms with E-state index in [9.17, 15) is 0 Å². The van der Waals surface area contributed by atoms with Crippen LogP contribution >= 0.6 is 0 Å². The zero-order valence-electron chi connectivity index (χ0n) is 13.4. The summed E-state index contributed by atoms with van der Waals surface area (Å²) in [5.74, 6) is 1.73. The van der Waals surface area contributed by atoms with Gasteiger partial charge in [0.2, 0.25) is 0 Å². The number of benzene rings is 1. The lowest BCUT2D eigenvalue weighted by molar-refractivity contribution is 0.338. The summed E-state index contributed by atoms with van der Waals surface area (Å²) < 4.78 is 11.1. The maximum atomic E-state index is 5.86. The first-order chi connectivity index (χ1) is 9.35. The zero-order valence-corrected chi connectivity index (χ0v) is 13.4. The van der Waals surface area contributed by atoms with Crippen molar-refractivity contribution in [1.82, 2.24) is 5.32 Å². The lowest BCUT2D eigenvalue weighted by atomic mass is 10.1. The van der Waals surface area contributed by atoms with Gasteiger partial charge in [-0.1, -0.05) is 13.5 Å². The molecule has 0 atom stereocenters. The van der Waals surface area contributed by atoms with Crippen LogP contribution in [0.1, 0.15) is 39.7 Å². The van der Waals surface area contributed by atoms with Gasteiger partial charge in [-0.3, -0.25) is 0 Å². The van der Waals surface area contributed by atoms with Gasteiger partial charge in [-0.15, -0.1) is 0 Å². The van der Waals surface area contributed by atoms with Gasteiger partial charge in [0.1, 0.15) is 18.1 Å². The Hall–Kier alpha value is -1.48. The Morgan fingerprint density at radius 3 is 2.55 bits per heavy atom. The molecule has 1 rings (SSSR count). The van der Waals surface area contributed by atoms with Gasteiger partial charge >= 0.3 is 0 Å². The Kier molecular flexibility index (Phi) is 6.08. The molecule has 0 aromatic heterocycles. The third kappa shape index (κ3) is 5.66. The van der Waals surface area contributed by atoms with Gasteiger partial charge in [-0.2, -0.15) is 0 Å². The van der Waals surface area contributed by atoms with Crippen molar-refractivity contribution in [1.29, 1.82) is 0 Å². The van der Waals surface area contributed by atoms with Crippen molar-refractivity contribution in [2.24, 2.45) is 0 Å². The predicted octanol–water partition coefficient (Wildman–Crippen LogP) is 3.93. The molecule has 0 aliphatic carbocycles. The quantitative estimate of drug-likeness (QED) is 0.766. The Balaban J connectivity index is 2.83. The Labute approximate surface area is 123 Å². The first-order valence-corrected chi connectivity index (χ1v) is 7.07. The average molecular weight is 277 g/mol. The van der Waals surface area contributed by atoms with E-state index in [1.807, 2.05) is 18.2 Å². The van der Waals surface area contributed by atoms with E-state index in [4.69, 9.17) is 9.47 Å². The number of hydrogen-bond acceptors (Lipinski definition) is 3. The standard InChI is InChI=1S/C17H27NO2/c1-7-13(2)12-20-16-9-8-15(19-6)10-14(16)11-18-17(3,4)5/h8-10,18H,2,7,11-12H2,1,3-6H3. The molecule has 0 amide bonds. The molecular weight excluding hydrogens is 250 g/mol. The highest BCUT2D eigenvalue weighted by atomic mass is 16.5. The topological polar surface area (TPSA) is 30.5 Å². The second-order valence-electron chi connectivity index (χ2n) is 5.97. The van der Waals surface area contributed by atoms with E-state index in [2.05, 4.69) is 39.6 Å². The first-order valence-electron chi connectivity index (χ1n) is 7.07. The Morgan fingerprint density at radius 2 is 2.00 bits per heavy atom. The van der Waals surface area contributed by atoms with Crippen LogP contribution < -0.4 is 14.8 Å². The minimum absolute atomic E-state index is 0.0629. The Morgan fingerprint density at radius 1 is 1.30 bits per heavy atom. The molecule has 0 bridgehead atoms. The lowest BCUT2D eigenvalue weighted by Crippen LogP contribution is -2.35. The molecule has 0 saturated carbocycles. The molecule has 1 N–H and O–H groups in total. The number of nitrogens with one attached hydrogen (secondary N) is 1. The van der Waals surface area contributed by atoms with Crippen LogP contribution in [0.15, 0.2) is 30.4 Å². The number of methoxy groups -OCH3 is 1. The minimum atomic E-state index is 0.0629. The highest BCUT2D eigenvalue weighted by Gasteiger charge is 2.12. The van der Waals surface area contributed by atoms with Crippen molar-refractivity contribution in [3.8, 4) is 11.5 Å². The summed E-state index contributed by atoms with van der Waals surface area (Å²) in [6.07, 6.45) is 0.936. The molecular formula is C17H27NO2. The van der Waals surface area contributed by atoms with Gasteiger partial charge in [0.25, 0.3) is 0 Å². The molecule has 20 heavy (non-hydrogen) atoms. The van der Waals surface area contributed by atoms with Crippen LogP contribution in [0.2, 0.25) is 0 Å². The van der Waals surface area contributed by atoms with Crippen LogP contribution in [0.5, 0.6) is 11.5 Å². The van der Waals surface area contributed by atoms with Gasteiger partial charge in [-0.05, 0) is 51.0 Å². The lowest BCUT2D eigenvalue weighted by Gasteiger charge is -2.22. The van der Waals surface area contributed by atoms with E-state index in [0.717, 1.165) is 35.6 Å². The summed E-state index contributed by atoms with van der Waals surface area (Å²) in [6, 6.07) is 5.90. The van der Waals surface area contributed by atoms with Gasteiger partial charge in [-0.25, -0.2) is 0 Å². The molecule has 0 aliphatic rings. The highest BCUT2D eigenvalue weighted by Crippen LogP contribution is 2.25. The van der Waals surface area contributed by atoms with E-state index >= 15 is 0 Å². The van der Waals surface area contributed by atoms with E-state index in [1.165, 1.54) is 0 Å². The maximum absolute atomic E-state index is 5.86. The third-order valence-electron chi connectivity index (χ3n) is 3.01. The molecule has 112 valence electrons. The van der Waals surface area contributed by atoms with Crippen molar-refractivity contribution in [3.63, 3.8) is 0 Å². The largest absolute Gasteiger partial charge is 0.497 e. The van der Waals surface area contributed by atoms with Crippen molar-refractivity contribution in [3.05, 3.63) is 35.9 Å². The predicted molar refractivity (Wildman–Crippen MR) is 84.5 cm³/mol. The molecule has 0 aliphatic heterocycles. The van der Waals surface area contributed by atoms with Crippen molar-refractivity contribution in [2.45, 2.75) is 46.2 Å². The smallest absolute Gasteiger partial charge is 0.124 e. The van der Waals surface area contributed by atoms with Gasteiger partial charge in [0.05, 0.1) is 7.11 Å². The van der Waals surface area contributed by atoms with Crippen molar-refractivity contribution < 1.29 is 9.47 Å². The molecule has 0 heterocycles. The van der Waals surface area contributed by atoms with Crippen molar-refractivity contribution in [2.75, 3.05) is 13.7 Å². The second-order valence-corrected chi connectivity index (χ2v) is 5.97. The van der Waals surface area contributed by atoms with Gasteiger partial charge in [0.15, 0.2) is 0 Å². The van der Waals surface area contributed by atoms with E-state index in [1.54, 1.807) is 7.11 Å². The summed E-state index contributed by atoms with van der Waals surface area (Å²) in [5.41, 5.74) is 2.26. The number of hydrogen-bond donors (Lipinski definition) is 1. The van der Waals surface area contributed by atoms with Crippen LogP contribution in [0.25, 0.3) is 0 Å². The van der Waals surface area contributed by atoms with Crippen LogP contribution in [-0.2, 0) is 6.54 Å². The first kappa shape index (κ1) is 16.6. The Bertz CT molecular complexity index is 447. The fourth-order valence-corrected chi connectivity index (χ4v) is 1.60. The molecule has 3 heteroatoms. The SMILES string of the molecule is C=C(CC)COc1ccc(OC)cc1CNC(C)(C)C. The average Bonchev–Trinajstić information content (AvgIpc) is 2.41. The molecule has 1 aromatic rings. The normalized spacial score (nSPS) is 11.2. The molecule has 1 aromatic carbocycles. The summed E-state index contributed by atoms with van der Waals surface area (Å²) in [7, 11) is 1.68. The molecule has 0 radical (unpaired) electrons. The number of ether oxygens (including phenoxy) is 2. The fraction of sp³-hybridized carbons (Fsp3) is 0.529. The van der Waals surface area contributed by atoms with E-state index < -0.39 is 0 Å². The second kappa shape index (κ2) is 7.34. The fourth-order valence-electron chi connectivity index (χ4n) is 1.60. The third-order valence-corrected chi connectivity index (χ3v) is 3.01. The van der Waals surface area contributed by atoms with E-state index in [-0.39, 0.29) is 5.54 Å². The molecule has 0 spiro atoms. The van der Waals surface area contributed by atoms with Crippen LogP contribution in [0.3, 0.4) is 0 Å². The van der Waals surface area contributed by atoms with Crippen LogP contribution in [0, 0.1) is 0 Å². The summed E-state index contributed by atoms with van der Waals surface area (Å²) in [6.45, 7) is 13.8. The van der Waals surface area contributed by atoms with Gasteiger partial charge < -0.3 is 14.8 Å². The van der Waals surface area contributed by atoms with Crippen molar-refractivity contribution >= 4 is 0 Å². The zero-order chi connectivity index (χ0) is 15.2. The molecule has 0 saturated heterocycles. The monoisotopic (exact) mass is 277 g/mol. The highest BCUT2D eigenvalue weighted by molar-refractivity contribution is 5.40. The molecule has 0 fully saturated rings. The molecule has 3 nitrogen and oxygen atoms in total. The summed E-state index contributed by atoms with van der Waals surface area (Å²) >= 11 is 0. The minimum Gasteiger partial charge on any atom is -0.497 e. The van der Waals surface area contributed by atoms with Crippen LogP contribution in [0.4, 0.5) is 0 Å². The van der Waals surface area contributed by atoms with Crippen LogP contribution in [-0.4, -0.2) is 19.3 Å². The summed E-state index contributed by atoms with van der Waals surface area (Å²) in [5, 5.41) is 3.47.